The van der Waals surface area contributed by atoms with Gasteiger partial charge in [-0.15, -0.1) is 0 Å². The minimum absolute atomic E-state index is 0.0577. The maximum Gasteiger partial charge on any atom is 0.239 e. The van der Waals surface area contributed by atoms with Crippen molar-refractivity contribution < 1.29 is 9.32 Å². The van der Waals surface area contributed by atoms with Crippen LogP contribution in [0.3, 0.4) is 0 Å². The summed E-state index contributed by atoms with van der Waals surface area (Å²) in [5.74, 6) is 1.11. The van der Waals surface area contributed by atoms with E-state index in [2.05, 4.69) is 33.6 Å². The first-order valence-corrected chi connectivity index (χ1v) is 6.73. The van der Waals surface area contributed by atoms with Crippen LogP contribution in [-0.2, 0) is 17.8 Å². The molecule has 1 aromatic carbocycles. The lowest BCUT2D eigenvalue weighted by Gasteiger charge is -2.27. The normalized spacial score (nSPS) is 14.8. The maximum absolute atomic E-state index is 12.0. The fraction of sp³-hybridized carbons (Fsp3) is 0.333. The zero-order valence-electron chi connectivity index (χ0n) is 11.4. The standard InChI is InChI=1S/C15H17N3O2/c1-11-8-14(17-20-11)16-15(19)10-18-7-6-12-4-2-3-5-13(12)9-18/h2-5,8H,6-7,9-10H2,1H3,(H,16,17,19). The molecule has 1 N–H and O–H groups in total. The second kappa shape index (κ2) is 5.46. The zero-order valence-corrected chi connectivity index (χ0v) is 11.4. The predicted octanol–water partition coefficient (Wildman–Crippen LogP) is 1.98. The minimum atomic E-state index is -0.0577. The van der Waals surface area contributed by atoms with Crippen LogP contribution >= 0.6 is 0 Å². The quantitative estimate of drug-likeness (QED) is 0.927. The van der Waals surface area contributed by atoms with E-state index in [1.807, 2.05) is 6.07 Å². The maximum atomic E-state index is 12.0. The molecule has 0 saturated carbocycles. The molecule has 2 aromatic rings. The summed E-state index contributed by atoms with van der Waals surface area (Å²) in [5.41, 5.74) is 2.69. The Balaban J connectivity index is 1.58. The number of aryl methyl sites for hydroxylation is 1. The van der Waals surface area contributed by atoms with Gasteiger partial charge in [0.25, 0.3) is 0 Å². The van der Waals surface area contributed by atoms with Gasteiger partial charge in [0.1, 0.15) is 5.76 Å². The molecule has 1 amide bonds. The highest BCUT2D eigenvalue weighted by molar-refractivity contribution is 5.91. The van der Waals surface area contributed by atoms with Crippen molar-refractivity contribution in [3.05, 3.63) is 47.2 Å². The van der Waals surface area contributed by atoms with E-state index in [0.29, 0.717) is 18.1 Å². The number of nitrogens with one attached hydrogen (secondary N) is 1. The summed E-state index contributed by atoms with van der Waals surface area (Å²) in [6.45, 7) is 3.90. The fourth-order valence-corrected chi connectivity index (χ4v) is 2.50. The molecule has 0 spiro atoms. The number of fused-ring (bicyclic) bond motifs is 1. The summed E-state index contributed by atoms with van der Waals surface area (Å²) in [7, 11) is 0. The molecule has 0 unspecified atom stereocenters. The Morgan fingerprint density at radius 3 is 2.95 bits per heavy atom. The summed E-state index contributed by atoms with van der Waals surface area (Å²) < 4.78 is 4.92. The number of amides is 1. The molecule has 20 heavy (non-hydrogen) atoms. The summed E-state index contributed by atoms with van der Waals surface area (Å²) in [6.07, 6.45) is 0.993. The van der Waals surface area contributed by atoms with Gasteiger partial charge in [-0.05, 0) is 24.5 Å². The van der Waals surface area contributed by atoms with Crippen LogP contribution < -0.4 is 5.32 Å². The monoisotopic (exact) mass is 271 g/mol. The van der Waals surface area contributed by atoms with Crippen LogP contribution in [0.4, 0.5) is 5.82 Å². The van der Waals surface area contributed by atoms with Crippen molar-refractivity contribution in [2.45, 2.75) is 19.9 Å². The number of anilines is 1. The van der Waals surface area contributed by atoms with Gasteiger partial charge < -0.3 is 9.84 Å². The van der Waals surface area contributed by atoms with Crippen molar-refractivity contribution in [3.8, 4) is 0 Å². The Morgan fingerprint density at radius 2 is 2.20 bits per heavy atom. The summed E-state index contributed by atoms with van der Waals surface area (Å²) in [5, 5.41) is 6.51. The van der Waals surface area contributed by atoms with Crippen molar-refractivity contribution in [1.82, 2.24) is 10.1 Å². The van der Waals surface area contributed by atoms with Gasteiger partial charge in [0.2, 0.25) is 5.91 Å². The van der Waals surface area contributed by atoms with E-state index in [0.717, 1.165) is 19.5 Å². The largest absolute Gasteiger partial charge is 0.360 e. The van der Waals surface area contributed by atoms with Gasteiger partial charge in [0, 0.05) is 19.2 Å². The number of nitrogens with zero attached hydrogens (tertiary/aromatic N) is 2. The summed E-state index contributed by atoms with van der Waals surface area (Å²) >= 11 is 0. The molecule has 0 radical (unpaired) electrons. The Labute approximate surface area is 117 Å². The zero-order chi connectivity index (χ0) is 13.9. The molecule has 104 valence electrons. The van der Waals surface area contributed by atoms with E-state index in [-0.39, 0.29) is 5.91 Å². The highest BCUT2D eigenvalue weighted by Crippen LogP contribution is 2.18. The molecule has 3 rings (SSSR count). The van der Waals surface area contributed by atoms with E-state index in [4.69, 9.17) is 4.52 Å². The van der Waals surface area contributed by atoms with Crippen LogP contribution in [0, 0.1) is 6.92 Å². The van der Waals surface area contributed by atoms with Gasteiger partial charge in [0.05, 0.1) is 6.54 Å². The Bertz CT molecular complexity index is 621. The molecule has 2 heterocycles. The van der Waals surface area contributed by atoms with Crippen LogP contribution in [0.25, 0.3) is 0 Å². The van der Waals surface area contributed by atoms with Gasteiger partial charge in [-0.2, -0.15) is 0 Å². The van der Waals surface area contributed by atoms with Crippen LogP contribution in [0.1, 0.15) is 16.9 Å². The Hall–Kier alpha value is -2.14. The highest BCUT2D eigenvalue weighted by atomic mass is 16.5. The third kappa shape index (κ3) is 2.88. The van der Waals surface area contributed by atoms with Crippen LogP contribution in [0.2, 0.25) is 0 Å². The molecule has 0 bridgehead atoms. The fourth-order valence-electron chi connectivity index (χ4n) is 2.50. The van der Waals surface area contributed by atoms with Crippen LogP contribution in [0.15, 0.2) is 34.9 Å². The van der Waals surface area contributed by atoms with Gasteiger partial charge in [-0.1, -0.05) is 29.4 Å². The molecule has 1 aromatic heterocycles. The van der Waals surface area contributed by atoms with Crippen molar-refractivity contribution >= 4 is 11.7 Å². The Morgan fingerprint density at radius 1 is 1.40 bits per heavy atom. The number of hydrogen-bond acceptors (Lipinski definition) is 4. The molecule has 5 nitrogen and oxygen atoms in total. The van der Waals surface area contributed by atoms with Crippen molar-refractivity contribution in [2.24, 2.45) is 0 Å². The number of rotatable bonds is 3. The van der Waals surface area contributed by atoms with Gasteiger partial charge in [0.15, 0.2) is 5.82 Å². The van der Waals surface area contributed by atoms with Crippen LogP contribution in [-0.4, -0.2) is 29.1 Å². The topological polar surface area (TPSA) is 58.4 Å². The number of aromatic nitrogens is 1. The molecule has 0 saturated heterocycles. The van der Waals surface area contributed by atoms with E-state index in [1.54, 1.807) is 13.0 Å². The first-order valence-electron chi connectivity index (χ1n) is 6.73. The molecule has 0 aliphatic carbocycles. The van der Waals surface area contributed by atoms with E-state index in [9.17, 15) is 4.79 Å². The van der Waals surface area contributed by atoms with Crippen molar-refractivity contribution in [3.63, 3.8) is 0 Å². The number of carbonyl (C=O) groups excluding carboxylic acids is 1. The van der Waals surface area contributed by atoms with Crippen LogP contribution in [0.5, 0.6) is 0 Å². The molecular weight excluding hydrogens is 254 g/mol. The van der Waals surface area contributed by atoms with E-state index >= 15 is 0 Å². The van der Waals surface area contributed by atoms with Gasteiger partial charge in [-0.3, -0.25) is 9.69 Å². The SMILES string of the molecule is Cc1cc(NC(=O)CN2CCc3ccccc3C2)no1. The lowest BCUT2D eigenvalue weighted by atomic mass is 10.00. The second-order valence-electron chi connectivity index (χ2n) is 5.10. The molecule has 5 heteroatoms. The summed E-state index contributed by atoms with van der Waals surface area (Å²) in [4.78, 5) is 14.1. The van der Waals surface area contributed by atoms with E-state index < -0.39 is 0 Å². The van der Waals surface area contributed by atoms with E-state index in [1.165, 1.54) is 11.1 Å². The number of hydrogen-bond donors (Lipinski definition) is 1. The third-order valence-electron chi connectivity index (χ3n) is 3.47. The lowest BCUT2D eigenvalue weighted by molar-refractivity contribution is -0.117. The molecule has 1 aliphatic rings. The first kappa shape index (κ1) is 12.9. The Kier molecular flexibility index (Phi) is 3.52. The number of benzene rings is 1. The average Bonchev–Trinajstić information content (AvgIpc) is 2.83. The second-order valence-corrected chi connectivity index (χ2v) is 5.10. The molecule has 0 fully saturated rings. The smallest absolute Gasteiger partial charge is 0.239 e. The highest BCUT2D eigenvalue weighted by Gasteiger charge is 2.18. The van der Waals surface area contributed by atoms with Gasteiger partial charge in [-0.25, -0.2) is 0 Å². The lowest BCUT2D eigenvalue weighted by Crippen LogP contribution is -2.37. The minimum Gasteiger partial charge on any atom is -0.360 e. The average molecular weight is 271 g/mol. The van der Waals surface area contributed by atoms with Crippen molar-refractivity contribution in [1.29, 1.82) is 0 Å². The molecule has 0 atom stereocenters. The first-order chi connectivity index (χ1) is 9.70. The van der Waals surface area contributed by atoms with Crippen molar-refractivity contribution in [2.75, 3.05) is 18.4 Å². The number of carbonyl (C=O) groups is 1. The third-order valence-corrected chi connectivity index (χ3v) is 3.47. The van der Waals surface area contributed by atoms with Gasteiger partial charge >= 0.3 is 0 Å². The predicted molar refractivity (Wildman–Crippen MR) is 75.3 cm³/mol. The molecule has 1 aliphatic heterocycles. The molecular formula is C15H17N3O2. The summed E-state index contributed by atoms with van der Waals surface area (Å²) in [6, 6.07) is 10.1.